The molecule has 1 radical (unpaired) electrons. The van der Waals surface area contributed by atoms with Crippen molar-refractivity contribution >= 4 is 12.4 Å². The summed E-state index contributed by atoms with van der Waals surface area (Å²) in [4.78, 5) is 19.4. The molecule has 0 spiro atoms. The second kappa shape index (κ2) is 3.85. The molecule has 0 fully saturated rings. The van der Waals surface area contributed by atoms with E-state index >= 15 is 0 Å². The first-order chi connectivity index (χ1) is 4.22. The molecule has 0 aliphatic heterocycles. The largest absolute Gasteiger partial charge is 0.480 e. The van der Waals surface area contributed by atoms with Crippen molar-refractivity contribution in [2.75, 3.05) is 6.61 Å². The molecule has 0 unspecified atom stereocenters. The van der Waals surface area contributed by atoms with Gasteiger partial charge in [0, 0.05) is 0 Å². The molecule has 0 saturated carbocycles. The molecule has 3 N–H and O–H groups in total. The van der Waals surface area contributed by atoms with Gasteiger partial charge in [0.25, 0.3) is 0 Å². The fourth-order valence-corrected chi connectivity index (χ4v) is 0.257. The Balaban J connectivity index is 3.67. The van der Waals surface area contributed by atoms with E-state index in [-0.39, 0.29) is 0 Å². The molecule has 5 heteroatoms. The summed E-state index contributed by atoms with van der Waals surface area (Å²) in [5.41, 5.74) is 0. The van der Waals surface area contributed by atoms with Gasteiger partial charge in [0.1, 0.15) is 0 Å². The lowest BCUT2D eigenvalue weighted by atomic mass is 10.3. The second-order valence-electron chi connectivity index (χ2n) is 1.32. The van der Waals surface area contributed by atoms with Gasteiger partial charge in [-0.3, -0.25) is 4.79 Å². The molecule has 0 bridgehead atoms. The Bertz CT molecular complexity index is 113. The predicted molar refractivity (Wildman–Crippen MR) is 27.3 cm³/mol. The number of aliphatic carboxylic acids is 1. The number of carboxylic acid groups (broad SMARTS) is 1. The average Bonchev–Trinajstić information content (AvgIpc) is 1.82. The minimum Gasteiger partial charge on any atom is -0.480 e. The van der Waals surface area contributed by atoms with E-state index in [1.54, 1.807) is 5.32 Å². The van der Waals surface area contributed by atoms with Crippen LogP contribution in [0.1, 0.15) is 0 Å². The number of nitrogens with one attached hydrogen (secondary N) is 1. The summed E-state index contributed by atoms with van der Waals surface area (Å²) in [6, 6.07) is -1.23. The quantitative estimate of drug-likeness (QED) is 0.389. The molecule has 0 aromatic rings. The number of rotatable bonds is 4. The summed E-state index contributed by atoms with van der Waals surface area (Å²) < 4.78 is 0. The van der Waals surface area contributed by atoms with Crippen molar-refractivity contribution < 1.29 is 19.8 Å². The monoisotopic (exact) mass is 132 g/mol. The number of carbonyl (C=O) groups excluding carboxylic acids is 1. The summed E-state index contributed by atoms with van der Waals surface area (Å²) in [5.74, 6) is -1.28. The SMILES string of the molecule is O=[C]N[C@@H](CO)C(=O)O. The summed E-state index contributed by atoms with van der Waals surface area (Å²) in [5, 5.41) is 18.1. The van der Waals surface area contributed by atoms with Crippen molar-refractivity contribution in [1.29, 1.82) is 0 Å². The Morgan fingerprint density at radius 3 is 2.44 bits per heavy atom. The minimum absolute atomic E-state index is 0.620. The van der Waals surface area contributed by atoms with E-state index in [1.165, 1.54) is 0 Å². The lowest BCUT2D eigenvalue weighted by Gasteiger charge is -2.03. The van der Waals surface area contributed by atoms with Crippen LogP contribution in [0, 0.1) is 0 Å². The Morgan fingerprint density at radius 1 is 1.78 bits per heavy atom. The molecule has 0 aromatic heterocycles. The molecule has 0 aliphatic rings. The molecule has 9 heavy (non-hydrogen) atoms. The van der Waals surface area contributed by atoms with Crippen molar-refractivity contribution in [1.82, 2.24) is 5.32 Å². The lowest BCUT2D eigenvalue weighted by Crippen LogP contribution is -2.38. The van der Waals surface area contributed by atoms with Crippen LogP contribution in [-0.4, -0.2) is 35.2 Å². The number of hydrogen-bond acceptors (Lipinski definition) is 3. The van der Waals surface area contributed by atoms with Gasteiger partial charge in [0.15, 0.2) is 6.04 Å². The zero-order valence-electron chi connectivity index (χ0n) is 4.50. The van der Waals surface area contributed by atoms with Gasteiger partial charge in [-0.15, -0.1) is 0 Å². The number of carboxylic acids is 1. The van der Waals surface area contributed by atoms with Crippen molar-refractivity contribution in [3.63, 3.8) is 0 Å². The zero-order chi connectivity index (χ0) is 7.28. The number of carbonyl (C=O) groups is 1. The number of aliphatic hydroxyl groups is 1. The smallest absolute Gasteiger partial charge is 0.328 e. The van der Waals surface area contributed by atoms with Crippen LogP contribution < -0.4 is 5.32 Å². The predicted octanol–water partition coefficient (Wildman–Crippen LogP) is -1.91. The molecule has 0 heterocycles. The van der Waals surface area contributed by atoms with Crippen LogP contribution in [0.15, 0.2) is 0 Å². The van der Waals surface area contributed by atoms with Crippen LogP contribution in [-0.2, 0) is 9.59 Å². The fraction of sp³-hybridized carbons (Fsp3) is 0.500. The van der Waals surface area contributed by atoms with E-state index < -0.39 is 18.6 Å². The van der Waals surface area contributed by atoms with Crippen LogP contribution in [0.25, 0.3) is 0 Å². The summed E-state index contributed by atoms with van der Waals surface area (Å²) >= 11 is 0. The number of amides is 1. The Morgan fingerprint density at radius 2 is 2.33 bits per heavy atom. The van der Waals surface area contributed by atoms with Gasteiger partial charge in [0.05, 0.1) is 6.61 Å². The van der Waals surface area contributed by atoms with Crippen LogP contribution in [0.3, 0.4) is 0 Å². The topological polar surface area (TPSA) is 86.6 Å². The molecular weight excluding hydrogens is 126 g/mol. The highest BCUT2D eigenvalue weighted by Gasteiger charge is 2.13. The highest BCUT2D eigenvalue weighted by Crippen LogP contribution is 1.77. The van der Waals surface area contributed by atoms with Crippen molar-refractivity contribution in [2.45, 2.75) is 6.04 Å². The Hall–Kier alpha value is -1.10. The second-order valence-corrected chi connectivity index (χ2v) is 1.32. The van der Waals surface area contributed by atoms with Gasteiger partial charge in [-0.25, -0.2) is 4.79 Å². The van der Waals surface area contributed by atoms with Crippen LogP contribution in [0.5, 0.6) is 0 Å². The van der Waals surface area contributed by atoms with E-state index in [4.69, 9.17) is 10.2 Å². The fourth-order valence-electron chi connectivity index (χ4n) is 0.257. The summed E-state index contributed by atoms with van der Waals surface area (Å²) in [6.07, 6.45) is 1.16. The van der Waals surface area contributed by atoms with Gasteiger partial charge in [-0.2, -0.15) is 0 Å². The molecule has 1 amide bonds. The van der Waals surface area contributed by atoms with Gasteiger partial charge in [-0.05, 0) is 0 Å². The molecule has 5 nitrogen and oxygen atoms in total. The van der Waals surface area contributed by atoms with E-state index in [1.807, 2.05) is 0 Å². The third kappa shape index (κ3) is 2.65. The van der Waals surface area contributed by atoms with Gasteiger partial charge >= 0.3 is 12.4 Å². The maximum Gasteiger partial charge on any atom is 0.328 e. The van der Waals surface area contributed by atoms with Gasteiger partial charge in [0.2, 0.25) is 0 Å². The average molecular weight is 132 g/mol. The van der Waals surface area contributed by atoms with Crippen LogP contribution in [0.2, 0.25) is 0 Å². The van der Waals surface area contributed by atoms with Crippen molar-refractivity contribution in [3.05, 3.63) is 0 Å². The molecule has 1 atom stereocenters. The van der Waals surface area contributed by atoms with E-state index in [0.29, 0.717) is 0 Å². The first-order valence-electron chi connectivity index (χ1n) is 2.18. The third-order valence-electron chi connectivity index (χ3n) is 0.714. The first kappa shape index (κ1) is 7.90. The van der Waals surface area contributed by atoms with Crippen LogP contribution >= 0.6 is 0 Å². The van der Waals surface area contributed by atoms with Crippen molar-refractivity contribution in [2.24, 2.45) is 0 Å². The Labute approximate surface area is 51.3 Å². The lowest BCUT2D eigenvalue weighted by molar-refractivity contribution is -0.140. The molecule has 0 aromatic carbocycles. The van der Waals surface area contributed by atoms with Crippen LogP contribution in [0.4, 0.5) is 0 Å². The molecule has 0 saturated heterocycles. The van der Waals surface area contributed by atoms with E-state index in [0.717, 1.165) is 6.41 Å². The maximum atomic E-state index is 9.92. The van der Waals surface area contributed by atoms with E-state index in [2.05, 4.69) is 0 Å². The first-order valence-corrected chi connectivity index (χ1v) is 2.18. The number of aliphatic hydroxyl groups excluding tert-OH is 1. The van der Waals surface area contributed by atoms with Gasteiger partial charge < -0.3 is 15.5 Å². The summed E-state index contributed by atoms with van der Waals surface area (Å²) in [6.45, 7) is -0.620. The van der Waals surface area contributed by atoms with Gasteiger partial charge in [-0.1, -0.05) is 0 Å². The molecule has 51 valence electrons. The molecule has 0 rings (SSSR count). The molecular formula is C4H6NO4. The standard InChI is InChI=1S/C4H6NO4/c6-1-3(4(8)9)5-2-7/h3,6H,1H2,(H,5,7)(H,8,9)/t3-/m0/s1. The van der Waals surface area contributed by atoms with Crippen molar-refractivity contribution in [3.8, 4) is 0 Å². The normalized spacial score (nSPS) is 12.1. The highest BCUT2D eigenvalue weighted by molar-refractivity contribution is 5.76. The zero-order valence-corrected chi connectivity index (χ0v) is 4.50. The third-order valence-corrected chi connectivity index (χ3v) is 0.714. The Kier molecular flexibility index (Phi) is 3.38. The summed E-state index contributed by atoms with van der Waals surface area (Å²) in [7, 11) is 0. The van der Waals surface area contributed by atoms with E-state index in [9.17, 15) is 9.59 Å². The maximum absolute atomic E-state index is 9.92. The molecule has 0 aliphatic carbocycles. The highest BCUT2D eigenvalue weighted by atomic mass is 16.4. The number of hydrogen-bond donors (Lipinski definition) is 3. The minimum atomic E-state index is -1.28.